The molecule has 214 valence electrons. The lowest BCUT2D eigenvalue weighted by molar-refractivity contribution is 0.660. The molecule has 8 aromatic rings. The van der Waals surface area contributed by atoms with Gasteiger partial charge in [-0.25, -0.2) is 0 Å². The fourth-order valence-corrected chi connectivity index (χ4v) is 7.34. The van der Waals surface area contributed by atoms with Crippen molar-refractivity contribution < 1.29 is 4.42 Å². The van der Waals surface area contributed by atoms with E-state index in [1.165, 1.54) is 38.8 Å². The summed E-state index contributed by atoms with van der Waals surface area (Å²) >= 11 is 0. The number of hydrogen-bond donors (Lipinski definition) is 0. The fourth-order valence-electron chi connectivity index (χ4n) is 7.34. The second-order valence-corrected chi connectivity index (χ2v) is 12.6. The van der Waals surface area contributed by atoms with Gasteiger partial charge in [-0.3, -0.25) is 0 Å². The maximum atomic E-state index is 6.37. The predicted octanol–water partition coefficient (Wildman–Crippen LogP) is 12.2. The minimum atomic E-state index is -0.0592. The van der Waals surface area contributed by atoms with Gasteiger partial charge in [-0.1, -0.05) is 111 Å². The molecule has 0 atom stereocenters. The third-order valence-corrected chi connectivity index (χ3v) is 9.66. The van der Waals surface area contributed by atoms with Crippen molar-refractivity contribution in [1.29, 1.82) is 0 Å². The van der Waals surface area contributed by atoms with Crippen molar-refractivity contribution in [2.75, 3.05) is 4.90 Å². The van der Waals surface area contributed by atoms with Crippen LogP contribution in [0.4, 0.5) is 17.1 Å². The van der Waals surface area contributed by atoms with Crippen molar-refractivity contribution in [1.82, 2.24) is 0 Å². The van der Waals surface area contributed by atoms with Gasteiger partial charge in [0.15, 0.2) is 0 Å². The highest BCUT2D eigenvalue weighted by Crippen LogP contribution is 2.50. The molecule has 0 bridgehead atoms. The van der Waals surface area contributed by atoms with Crippen molar-refractivity contribution in [3.63, 3.8) is 0 Å². The quantitative estimate of drug-likeness (QED) is 0.207. The minimum Gasteiger partial charge on any atom is -0.455 e. The first-order valence-electron chi connectivity index (χ1n) is 15.6. The first-order chi connectivity index (χ1) is 22.1. The van der Waals surface area contributed by atoms with Crippen LogP contribution in [0.1, 0.15) is 25.0 Å². The van der Waals surface area contributed by atoms with Crippen molar-refractivity contribution in [3.8, 4) is 22.3 Å². The minimum absolute atomic E-state index is 0.0592. The summed E-state index contributed by atoms with van der Waals surface area (Å²) in [4.78, 5) is 2.36. The largest absolute Gasteiger partial charge is 0.455 e. The van der Waals surface area contributed by atoms with Gasteiger partial charge >= 0.3 is 0 Å². The second-order valence-electron chi connectivity index (χ2n) is 12.6. The number of fused-ring (bicyclic) bond motifs is 8. The molecule has 0 unspecified atom stereocenters. The van der Waals surface area contributed by atoms with Crippen LogP contribution in [0.15, 0.2) is 156 Å². The number of furan rings is 1. The molecule has 0 N–H and O–H groups in total. The van der Waals surface area contributed by atoms with Crippen LogP contribution < -0.4 is 4.90 Å². The Morgan fingerprint density at radius 2 is 1.16 bits per heavy atom. The molecule has 0 spiro atoms. The highest BCUT2D eigenvalue weighted by Gasteiger charge is 2.35. The van der Waals surface area contributed by atoms with Gasteiger partial charge in [-0.15, -0.1) is 0 Å². The number of hydrogen-bond acceptors (Lipinski definition) is 2. The van der Waals surface area contributed by atoms with Crippen molar-refractivity contribution in [2.45, 2.75) is 19.3 Å². The zero-order valence-corrected chi connectivity index (χ0v) is 25.3. The van der Waals surface area contributed by atoms with Crippen LogP contribution in [0.25, 0.3) is 55.0 Å². The summed E-state index contributed by atoms with van der Waals surface area (Å²) in [7, 11) is 0. The molecule has 0 saturated heterocycles. The molecular formula is C43H31NO. The van der Waals surface area contributed by atoms with Gasteiger partial charge in [-0.2, -0.15) is 0 Å². The Morgan fingerprint density at radius 1 is 0.467 bits per heavy atom. The van der Waals surface area contributed by atoms with Crippen LogP contribution in [0.3, 0.4) is 0 Å². The molecule has 2 heteroatoms. The lowest BCUT2D eigenvalue weighted by Crippen LogP contribution is -2.16. The highest BCUT2D eigenvalue weighted by atomic mass is 16.3. The third-order valence-electron chi connectivity index (χ3n) is 9.66. The molecular weight excluding hydrogens is 546 g/mol. The molecule has 0 aliphatic heterocycles. The molecule has 0 radical (unpaired) electrons. The van der Waals surface area contributed by atoms with E-state index in [4.69, 9.17) is 4.42 Å². The summed E-state index contributed by atoms with van der Waals surface area (Å²) in [6, 6.07) is 54.7. The van der Waals surface area contributed by atoms with E-state index in [2.05, 4.69) is 170 Å². The van der Waals surface area contributed by atoms with E-state index in [1.807, 2.05) is 0 Å². The molecule has 0 saturated carbocycles. The molecule has 1 heterocycles. The Labute approximate surface area is 262 Å². The van der Waals surface area contributed by atoms with E-state index in [0.717, 1.165) is 44.4 Å². The first kappa shape index (κ1) is 25.9. The predicted molar refractivity (Wildman–Crippen MR) is 189 cm³/mol. The summed E-state index contributed by atoms with van der Waals surface area (Å²) < 4.78 is 6.37. The van der Waals surface area contributed by atoms with E-state index in [1.54, 1.807) is 0 Å². The zero-order chi connectivity index (χ0) is 30.1. The van der Waals surface area contributed by atoms with Crippen molar-refractivity contribution in [3.05, 3.63) is 163 Å². The van der Waals surface area contributed by atoms with Crippen LogP contribution in [0, 0.1) is 0 Å². The third kappa shape index (κ3) is 3.96. The van der Waals surface area contributed by atoms with Gasteiger partial charge in [0.2, 0.25) is 0 Å². The standard InChI is InChI=1S/C43H31NO/c1-43(2)39-15-9-8-14-35(39)36-24-22-33(27-40(36)43)44(31-11-4-3-5-12-31)32-20-16-28(17-21-32)30-19-25-41-38(26-30)37-23-18-29-10-6-7-13-34(29)42(37)45-41/h3-27H,1-2H3. The zero-order valence-electron chi connectivity index (χ0n) is 25.3. The number of rotatable bonds is 4. The molecule has 9 rings (SSSR count). The van der Waals surface area contributed by atoms with Crippen molar-refractivity contribution in [2.24, 2.45) is 0 Å². The van der Waals surface area contributed by atoms with E-state index in [-0.39, 0.29) is 5.41 Å². The van der Waals surface area contributed by atoms with Crippen LogP contribution in [0.2, 0.25) is 0 Å². The SMILES string of the molecule is CC1(C)c2ccccc2-c2ccc(N(c3ccccc3)c3ccc(-c4ccc5oc6c7ccccc7ccc6c5c4)cc3)cc21. The Balaban J connectivity index is 1.13. The molecule has 1 aromatic heterocycles. The number of benzene rings is 7. The topological polar surface area (TPSA) is 16.4 Å². The Hall–Kier alpha value is -5.60. The summed E-state index contributed by atoms with van der Waals surface area (Å²) in [5.41, 5.74) is 13.0. The Morgan fingerprint density at radius 3 is 2.02 bits per heavy atom. The van der Waals surface area contributed by atoms with E-state index in [0.29, 0.717) is 0 Å². The molecule has 1 aliphatic carbocycles. The van der Waals surface area contributed by atoms with Crippen LogP contribution >= 0.6 is 0 Å². The van der Waals surface area contributed by atoms with Gasteiger partial charge in [-0.05, 0) is 93.4 Å². The average Bonchev–Trinajstić information content (AvgIpc) is 3.58. The van der Waals surface area contributed by atoms with Crippen LogP contribution in [-0.4, -0.2) is 0 Å². The molecule has 45 heavy (non-hydrogen) atoms. The lowest BCUT2D eigenvalue weighted by atomic mass is 9.82. The maximum Gasteiger partial charge on any atom is 0.143 e. The number of nitrogens with zero attached hydrogens (tertiary/aromatic N) is 1. The molecule has 1 aliphatic rings. The molecule has 2 nitrogen and oxygen atoms in total. The molecule has 0 amide bonds. The summed E-state index contributed by atoms with van der Waals surface area (Å²) in [6.07, 6.45) is 0. The number of anilines is 3. The highest BCUT2D eigenvalue weighted by molar-refractivity contribution is 6.15. The average molecular weight is 578 g/mol. The molecule has 0 fully saturated rings. The second kappa shape index (κ2) is 9.70. The maximum absolute atomic E-state index is 6.37. The summed E-state index contributed by atoms with van der Waals surface area (Å²) in [6.45, 7) is 4.68. The van der Waals surface area contributed by atoms with Gasteiger partial charge in [0.25, 0.3) is 0 Å². The van der Waals surface area contributed by atoms with Crippen molar-refractivity contribution >= 4 is 49.8 Å². The summed E-state index contributed by atoms with van der Waals surface area (Å²) in [5.74, 6) is 0. The normalized spacial score (nSPS) is 13.3. The van der Waals surface area contributed by atoms with E-state index < -0.39 is 0 Å². The molecule has 7 aromatic carbocycles. The number of para-hydroxylation sites is 1. The van der Waals surface area contributed by atoms with Gasteiger partial charge in [0.05, 0.1) is 0 Å². The summed E-state index contributed by atoms with van der Waals surface area (Å²) in [5, 5.41) is 4.64. The van der Waals surface area contributed by atoms with Crippen LogP contribution in [-0.2, 0) is 5.41 Å². The van der Waals surface area contributed by atoms with E-state index >= 15 is 0 Å². The van der Waals surface area contributed by atoms with E-state index in [9.17, 15) is 0 Å². The fraction of sp³-hybridized carbons (Fsp3) is 0.0698. The monoisotopic (exact) mass is 577 g/mol. The van der Waals surface area contributed by atoms with Gasteiger partial charge in [0.1, 0.15) is 11.2 Å². The van der Waals surface area contributed by atoms with Gasteiger partial charge in [0, 0.05) is 38.6 Å². The first-order valence-corrected chi connectivity index (χ1v) is 15.6. The van der Waals surface area contributed by atoms with Gasteiger partial charge < -0.3 is 9.32 Å². The Kier molecular flexibility index (Phi) is 5.58. The Bertz CT molecular complexity index is 2400. The van der Waals surface area contributed by atoms with Crippen LogP contribution in [0.5, 0.6) is 0 Å². The smallest absolute Gasteiger partial charge is 0.143 e. The lowest BCUT2D eigenvalue weighted by Gasteiger charge is -2.28.